The van der Waals surface area contributed by atoms with Crippen molar-refractivity contribution in [3.8, 4) is 0 Å². The molecular weight excluding hydrogens is 240 g/mol. The predicted molar refractivity (Wildman–Crippen MR) is 60.9 cm³/mol. The van der Waals surface area contributed by atoms with Gasteiger partial charge in [0.2, 0.25) is 5.76 Å². The van der Waals surface area contributed by atoms with Crippen LogP contribution in [0.3, 0.4) is 0 Å². The van der Waals surface area contributed by atoms with Crippen molar-refractivity contribution in [1.29, 1.82) is 0 Å². The molecular formula is C11H10N2O5. The number of H-pyrrole nitrogens is 2. The molecule has 2 aromatic rings. The lowest BCUT2D eigenvalue weighted by Crippen LogP contribution is -2.27. The zero-order valence-electron chi connectivity index (χ0n) is 9.44. The lowest BCUT2D eigenvalue weighted by atomic mass is 10.1. The third-order valence-corrected chi connectivity index (χ3v) is 2.48. The molecule has 0 unspecified atom stereocenters. The minimum absolute atomic E-state index is 0.116. The van der Waals surface area contributed by atoms with Gasteiger partial charge >= 0.3 is 11.7 Å². The van der Waals surface area contributed by atoms with Gasteiger partial charge in [0.15, 0.2) is 0 Å². The second-order valence-corrected chi connectivity index (χ2v) is 3.76. The number of nitrogens with one attached hydrogen (secondary N) is 2. The zero-order valence-corrected chi connectivity index (χ0v) is 9.44. The van der Waals surface area contributed by atoms with Crippen LogP contribution in [-0.2, 0) is 6.42 Å². The van der Waals surface area contributed by atoms with Crippen LogP contribution in [0.1, 0.15) is 27.6 Å². The molecule has 3 N–H and O–H groups in total. The Labute approximate surface area is 100 Å². The van der Waals surface area contributed by atoms with Gasteiger partial charge in [-0.1, -0.05) is 0 Å². The molecule has 0 bridgehead atoms. The van der Waals surface area contributed by atoms with Crippen molar-refractivity contribution in [2.24, 2.45) is 0 Å². The molecule has 0 saturated carbocycles. The summed E-state index contributed by atoms with van der Waals surface area (Å²) in [5.41, 5.74) is -0.325. The Balaban J connectivity index is 2.37. The summed E-state index contributed by atoms with van der Waals surface area (Å²) in [6.07, 6.45) is 0.116. The van der Waals surface area contributed by atoms with Crippen molar-refractivity contribution in [2.75, 3.05) is 0 Å². The molecule has 0 aliphatic heterocycles. The number of carboxylic acids is 1. The summed E-state index contributed by atoms with van der Waals surface area (Å²) in [6.45, 7) is 1.59. The maximum atomic E-state index is 11.6. The van der Waals surface area contributed by atoms with Crippen molar-refractivity contribution in [3.05, 3.63) is 55.7 Å². The summed E-state index contributed by atoms with van der Waals surface area (Å²) in [5, 5.41) is 8.70. The first-order valence-corrected chi connectivity index (χ1v) is 5.11. The van der Waals surface area contributed by atoms with E-state index in [0.717, 1.165) is 0 Å². The summed E-state index contributed by atoms with van der Waals surface area (Å²) in [6, 6.07) is 2.79. The third kappa shape index (κ3) is 2.24. The largest absolute Gasteiger partial charge is 0.475 e. The van der Waals surface area contributed by atoms with Gasteiger partial charge in [-0.15, -0.1) is 0 Å². The van der Waals surface area contributed by atoms with Crippen molar-refractivity contribution in [2.45, 2.75) is 13.3 Å². The maximum absolute atomic E-state index is 11.6. The normalized spacial score (nSPS) is 10.5. The van der Waals surface area contributed by atoms with Gasteiger partial charge < -0.3 is 14.5 Å². The van der Waals surface area contributed by atoms with Gasteiger partial charge in [0.05, 0.1) is 0 Å². The second kappa shape index (κ2) is 4.36. The Morgan fingerprint density at radius 3 is 2.61 bits per heavy atom. The Bertz CT molecular complexity index is 707. The van der Waals surface area contributed by atoms with E-state index in [4.69, 9.17) is 9.52 Å². The molecule has 7 nitrogen and oxygen atoms in total. The monoisotopic (exact) mass is 250 g/mol. The number of carboxylic acid groups (broad SMARTS) is 1. The molecule has 0 radical (unpaired) electrons. The molecule has 18 heavy (non-hydrogen) atoms. The van der Waals surface area contributed by atoms with Crippen molar-refractivity contribution >= 4 is 5.97 Å². The van der Waals surface area contributed by atoms with Crippen LogP contribution < -0.4 is 11.2 Å². The van der Waals surface area contributed by atoms with Gasteiger partial charge in [0, 0.05) is 17.7 Å². The summed E-state index contributed by atoms with van der Waals surface area (Å²) in [5.74, 6) is -1.02. The number of hydrogen-bond acceptors (Lipinski definition) is 4. The Hall–Kier alpha value is -2.57. The summed E-state index contributed by atoms with van der Waals surface area (Å²) < 4.78 is 5.04. The minimum Gasteiger partial charge on any atom is -0.475 e. The van der Waals surface area contributed by atoms with E-state index in [1.807, 2.05) is 0 Å². The highest BCUT2D eigenvalue weighted by atomic mass is 16.4. The van der Waals surface area contributed by atoms with Crippen LogP contribution >= 0.6 is 0 Å². The fourth-order valence-corrected chi connectivity index (χ4v) is 1.60. The van der Waals surface area contributed by atoms with Crippen LogP contribution in [0.4, 0.5) is 0 Å². The molecule has 0 atom stereocenters. The number of carbonyl (C=O) groups is 1. The molecule has 0 aliphatic carbocycles. The standard InChI is InChI=1S/C11H10N2O5/c1-5-7(9(14)13-11(17)12-5)4-6-2-3-8(18-6)10(15)16/h2-3H,4H2,1H3,(H,15,16)(H2,12,13,14,17). The van der Waals surface area contributed by atoms with Gasteiger partial charge in [0.1, 0.15) is 5.76 Å². The second-order valence-electron chi connectivity index (χ2n) is 3.76. The quantitative estimate of drug-likeness (QED) is 0.722. The lowest BCUT2D eigenvalue weighted by Gasteiger charge is -2.01. The van der Waals surface area contributed by atoms with E-state index in [1.165, 1.54) is 12.1 Å². The van der Waals surface area contributed by atoms with Crippen LogP contribution in [0.25, 0.3) is 0 Å². The number of rotatable bonds is 3. The first-order valence-electron chi connectivity index (χ1n) is 5.11. The first kappa shape index (κ1) is 11.9. The topological polar surface area (TPSA) is 116 Å². The predicted octanol–water partition coefficient (Wildman–Crippen LogP) is 0.254. The highest BCUT2D eigenvalue weighted by Gasteiger charge is 2.12. The van der Waals surface area contributed by atoms with E-state index in [0.29, 0.717) is 17.0 Å². The maximum Gasteiger partial charge on any atom is 0.371 e. The van der Waals surface area contributed by atoms with Crippen molar-refractivity contribution < 1.29 is 14.3 Å². The Kier molecular flexibility index (Phi) is 2.88. The van der Waals surface area contributed by atoms with E-state index < -0.39 is 17.2 Å². The SMILES string of the molecule is Cc1[nH]c(=O)[nH]c(=O)c1Cc1ccc(C(=O)O)o1. The molecule has 0 spiro atoms. The number of furan rings is 1. The molecule has 0 aliphatic rings. The minimum atomic E-state index is -1.17. The molecule has 94 valence electrons. The Morgan fingerprint density at radius 2 is 2.06 bits per heavy atom. The molecule has 2 rings (SSSR count). The van der Waals surface area contributed by atoms with Gasteiger partial charge in [-0.3, -0.25) is 9.78 Å². The number of aromatic amines is 2. The highest BCUT2D eigenvalue weighted by Crippen LogP contribution is 2.12. The number of hydrogen-bond donors (Lipinski definition) is 3. The van der Waals surface area contributed by atoms with Crippen LogP contribution in [0.15, 0.2) is 26.1 Å². The van der Waals surface area contributed by atoms with E-state index in [2.05, 4.69) is 9.97 Å². The van der Waals surface area contributed by atoms with Crippen LogP contribution in [-0.4, -0.2) is 21.0 Å². The lowest BCUT2D eigenvalue weighted by molar-refractivity contribution is 0.0660. The van der Waals surface area contributed by atoms with Crippen LogP contribution in [0.2, 0.25) is 0 Å². The van der Waals surface area contributed by atoms with E-state index >= 15 is 0 Å². The van der Waals surface area contributed by atoms with Gasteiger partial charge in [-0.05, 0) is 19.1 Å². The average Bonchev–Trinajstić information content (AvgIpc) is 2.71. The average molecular weight is 250 g/mol. The number of aromatic carboxylic acids is 1. The molecule has 7 heteroatoms. The van der Waals surface area contributed by atoms with E-state index in [-0.39, 0.29) is 12.2 Å². The molecule has 2 aromatic heterocycles. The number of aromatic nitrogens is 2. The summed E-state index contributed by atoms with van der Waals surface area (Å²) in [7, 11) is 0. The molecule has 2 heterocycles. The van der Waals surface area contributed by atoms with Gasteiger partial charge in [-0.25, -0.2) is 9.59 Å². The Morgan fingerprint density at radius 1 is 1.33 bits per heavy atom. The smallest absolute Gasteiger partial charge is 0.371 e. The first-order chi connectivity index (χ1) is 8.47. The summed E-state index contributed by atoms with van der Waals surface area (Å²) in [4.78, 5) is 37.8. The third-order valence-electron chi connectivity index (χ3n) is 2.48. The van der Waals surface area contributed by atoms with E-state index in [9.17, 15) is 14.4 Å². The fourth-order valence-electron chi connectivity index (χ4n) is 1.60. The zero-order chi connectivity index (χ0) is 13.3. The molecule has 0 amide bonds. The molecule has 0 saturated heterocycles. The molecule has 0 aromatic carbocycles. The van der Waals surface area contributed by atoms with Gasteiger partial charge in [-0.2, -0.15) is 0 Å². The van der Waals surface area contributed by atoms with Crippen LogP contribution in [0, 0.1) is 6.92 Å². The molecule has 0 fully saturated rings. The van der Waals surface area contributed by atoms with Gasteiger partial charge in [0.25, 0.3) is 5.56 Å². The van der Waals surface area contributed by atoms with E-state index in [1.54, 1.807) is 6.92 Å². The van der Waals surface area contributed by atoms with Crippen molar-refractivity contribution in [1.82, 2.24) is 9.97 Å². The van der Waals surface area contributed by atoms with Crippen LogP contribution in [0.5, 0.6) is 0 Å². The van der Waals surface area contributed by atoms with Crippen molar-refractivity contribution in [3.63, 3.8) is 0 Å². The fraction of sp³-hybridized carbons (Fsp3) is 0.182. The number of aryl methyl sites for hydroxylation is 1. The summed E-state index contributed by atoms with van der Waals surface area (Å²) >= 11 is 0. The highest BCUT2D eigenvalue weighted by molar-refractivity contribution is 5.84.